The van der Waals surface area contributed by atoms with Crippen LogP contribution in [0.2, 0.25) is 0 Å². The summed E-state index contributed by atoms with van der Waals surface area (Å²) in [6, 6.07) is 22.0. The monoisotopic (exact) mass is 440 g/mol. The SMILES string of the molecule is O=C(C[C@@H]1C[C@@H](S)CN1S(=O)(=O)c1ccc2ccccc2c1)NCc1ccccc1. The maximum absolute atomic E-state index is 13.4. The van der Waals surface area contributed by atoms with Crippen molar-refractivity contribution in [2.24, 2.45) is 0 Å². The maximum atomic E-state index is 13.4. The third-order valence-corrected chi connectivity index (χ3v) is 7.71. The molecule has 4 rings (SSSR count). The van der Waals surface area contributed by atoms with Gasteiger partial charge in [0.05, 0.1) is 4.90 Å². The molecular weight excluding hydrogens is 416 g/mol. The summed E-state index contributed by atoms with van der Waals surface area (Å²) in [7, 11) is -3.72. The number of rotatable bonds is 6. The summed E-state index contributed by atoms with van der Waals surface area (Å²) in [5.41, 5.74) is 1.00. The van der Waals surface area contributed by atoms with Gasteiger partial charge >= 0.3 is 0 Å². The van der Waals surface area contributed by atoms with Gasteiger partial charge in [-0.1, -0.05) is 60.7 Å². The van der Waals surface area contributed by atoms with E-state index in [9.17, 15) is 13.2 Å². The fraction of sp³-hybridized carbons (Fsp3) is 0.261. The predicted octanol–water partition coefficient (Wildman–Crippen LogP) is 3.61. The smallest absolute Gasteiger partial charge is 0.243 e. The zero-order chi connectivity index (χ0) is 21.1. The van der Waals surface area contributed by atoms with Crippen molar-refractivity contribution in [3.05, 3.63) is 78.4 Å². The van der Waals surface area contributed by atoms with Crippen molar-refractivity contribution in [2.45, 2.75) is 35.6 Å². The van der Waals surface area contributed by atoms with Gasteiger partial charge in [0.25, 0.3) is 0 Å². The lowest BCUT2D eigenvalue weighted by atomic mass is 10.1. The second kappa shape index (κ2) is 8.79. The Morgan fingerprint density at radius 3 is 2.47 bits per heavy atom. The number of sulfonamides is 1. The van der Waals surface area contributed by atoms with E-state index in [1.165, 1.54) is 4.31 Å². The normalized spacial score (nSPS) is 19.8. The summed E-state index contributed by atoms with van der Waals surface area (Å²) in [5, 5.41) is 4.66. The maximum Gasteiger partial charge on any atom is 0.243 e. The van der Waals surface area contributed by atoms with Crippen LogP contribution in [-0.4, -0.2) is 36.5 Å². The number of hydrogen-bond acceptors (Lipinski definition) is 4. The van der Waals surface area contributed by atoms with E-state index in [1.807, 2.05) is 60.7 Å². The van der Waals surface area contributed by atoms with Gasteiger partial charge in [-0.25, -0.2) is 8.42 Å². The van der Waals surface area contributed by atoms with Gasteiger partial charge in [-0.2, -0.15) is 16.9 Å². The van der Waals surface area contributed by atoms with Crippen molar-refractivity contribution in [1.29, 1.82) is 0 Å². The molecule has 1 saturated heterocycles. The van der Waals surface area contributed by atoms with Crippen LogP contribution in [0.25, 0.3) is 10.8 Å². The summed E-state index contributed by atoms with van der Waals surface area (Å²) < 4.78 is 28.2. The molecule has 156 valence electrons. The molecule has 30 heavy (non-hydrogen) atoms. The van der Waals surface area contributed by atoms with Gasteiger partial charge in [-0.15, -0.1) is 0 Å². The highest BCUT2D eigenvalue weighted by molar-refractivity contribution is 7.89. The molecule has 0 aromatic heterocycles. The zero-order valence-corrected chi connectivity index (χ0v) is 18.1. The lowest BCUT2D eigenvalue weighted by Gasteiger charge is -2.24. The number of benzene rings is 3. The molecule has 1 aliphatic heterocycles. The fourth-order valence-electron chi connectivity index (χ4n) is 3.89. The third kappa shape index (κ3) is 4.53. The lowest BCUT2D eigenvalue weighted by Crippen LogP contribution is -2.39. The lowest BCUT2D eigenvalue weighted by molar-refractivity contribution is -0.121. The van der Waals surface area contributed by atoms with E-state index in [0.717, 1.165) is 16.3 Å². The molecule has 0 saturated carbocycles. The Kier molecular flexibility index (Phi) is 6.13. The fourth-order valence-corrected chi connectivity index (χ4v) is 6.13. The van der Waals surface area contributed by atoms with Crippen molar-refractivity contribution >= 4 is 39.3 Å². The van der Waals surface area contributed by atoms with Crippen LogP contribution in [-0.2, 0) is 21.4 Å². The predicted molar refractivity (Wildman–Crippen MR) is 122 cm³/mol. The molecule has 0 bridgehead atoms. The second-order valence-corrected chi connectivity index (χ2v) is 10.2. The molecule has 0 unspecified atom stereocenters. The summed E-state index contributed by atoms with van der Waals surface area (Å²) in [5.74, 6) is -0.162. The molecule has 2 atom stereocenters. The van der Waals surface area contributed by atoms with Crippen LogP contribution in [0.15, 0.2) is 77.7 Å². The Morgan fingerprint density at radius 1 is 1.00 bits per heavy atom. The van der Waals surface area contributed by atoms with Gasteiger partial charge in [0.15, 0.2) is 0 Å². The summed E-state index contributed by atoms with van der Waals surface area (Å²) in [6.45, 7) is 0.725. The Labute approximate surface area is 182 Å². The van der Waals surface area contributed by atoms with Gasteiger partial charge < -0.3 is 5.32 Å². The number of fused-ring (bicyclic) bond motifs is 1. The third-order valence-electron chi connectivity index (χ3n) is 5.42. The molecule has 0 radical (unpaired) electrons. The Morgan fingerprint density at radius 2 is 1.70 bits per heavy atom. The number of carbonyl (C=O) groups excluding carboxylic acids is 1. The topological polar surface area (TPSA) is 66.5 Å². The first-order valence-electron chi connectivity index (χ1n) is 9.93. The van der Waals surface area contributed by atoms with Gasteiger partial charge in [0.1, 0.15) is 0 Å². The van der Waals surface area contributed by atoms with Crippen molar-refractivity contribution in [1.82, 2.24) is 9.62 Å². The average molecular weight is 441 g/mol. The largest absolute Gasteiger partial charge is 0.352 e. The van der Waals surface area contributed by atoms with E-state index >= 15 is 0 Å². The molecular formula is C23H24N2O3S2. The van der Waals surface area contributed by atoms with E-state index in [2.05, 4.69) is 17.9 Å². The summed E-state index contributed by atoms with van der Waals surface area (Å²) in [6.07, 6.45) is 0.672. The quantitative estimate of drug-likeness (QED) is 0.576. The van der Waals surface area contributed by atoms with Crippen LogP contribution in [0.3, 0.4) is 0 Å². The van der Waals surface area contributed by atoms with Crippen LogP contribution in [0.4, 0.5) is 0 Å². The highest BCUT2D eigenvalue weighted by atomic mass is 32.2. The molecule has 0 aliphatic carbocycles. The molecule has 1 amide bonds. The van der Waals surface area contributed by atoms with E-state index in [-0.39, 0.29) is 22.5 Å². The Hall–Kier alpha value is -2.35. The summed E-state index contributed by atoms with van der Waals surface area (Å²) in [4.78, 5) is 12.8. The van der Waals surface area contributed by atoms with Crippen LogP contribution in [0.1, 0.15) is 18.4 Å². The van der Waals surface area contributed by atoms with Crippen LogP contribution in [0, 0.1) is 0 Å². The molecule has 3 aromatic carbocycles. The van der Waals surface area contributed by atoms with Crippen molar-refractivity contribution in [2.75, 3.05) is 6.54 Å². The van der Waals surface area contributed by atoms with Crippen molar-refractivity contribution in [3.63, 3.8) is 0 Å². The first-order valence-corrected chi connectivity index (χ1v) is 11.9. The standard InChI is InChI=1S/C23H24N2O3S2/c26-23(24-15-17-6-2-1-3-7-17)14-20-13-21(29)16-25(20)30(27,28)22-11-10-18-8-4-5-9-19(18)12-22/h1-12,20-21,29H,13-16H2,(H,24,26)/t20-,21+/m0/s1. The molecule has 1 fully saturated rings. The minimum atomic E-state index is -3.72. The molecule has 5 nitrogen and oxygen atoms in total. The van der Waals surface area contributed by atoms with Gasteiger partial charge in [0.2, 0.25) is 15.9 Å². The number of nitrogens with zero attached hydrogens (tertiary/aromatic N) is 1. The Bertz CT molecular complexity index is 1150. The first-order chi connectivity index (χ1) is 14.4. The van der Waals surface area contributed by atoms with Gasteiger partial charge in [0, 0.05) is 30.8 Å². The molecule has 1 N–H and O–H groups in total. The average Bonchev–Trinajstić information content (AvgIpc) is 3.13. The van der Waals surface area contributed by atoms with Crippen LogP contribution < -0.4 is 5.32 Å². The number of hydrogen-bond donors (Lipinski definition) is 2. The number of nitrogens with one attached hydrogen (secondary N) is 1. The molecule has 1 heterocycles. The second-order valence-electron chi connectivity index (χ2n) is 7.59. The van der Waals surface area contributed by atoms with Crippen molar-refractivity contribution < 1.29 is 13.2 Å². The summed E-state index contributed by atoms with van der Waals surface area (Å²) >= 11 is 4.51. The van der Waals surface area contributed by atoms with E-state index in [0.29, 0.717) is 19.5 Å². The number of carbonyl (C=O) groups is 1. The van der Waals surface area contributed by atoms with Crippen LogP contribution >= 0.6 is 12.6 Å². The van der Waals surface area contributed by atoms with Crippen LogP contribution in [0.5, 0.6) is 0 Å². The molecule has 7 heteroatoms. The molecule has 3 aromatic rings. The minimum Gasteiger partial charge on any atom is -0.352 e. The highest BCUT2D eigenvalue weighted by Crippen LogP contribution is 2.31. The number of amides is 1. The minimum absolute atomic E-state index is 0.0906. The first kappa shape index (κ1) is 20.9. The number of thiol groups is 1. The van der Waals surface area contributed by atoms with Crippen molar-refractivity contribution in [3.8, 4) is 0 Å². The van der Waals surface area contributed by atoms with Gasteiger partial charge in [-0.3, -0.25) is 4.79 Å². The molecule has 1 aliphatic rings. The van der Waals surface area contributed by atoms with E-state index in [1.54, 1.807) is 12.1 Å². The zero-order valence-electron chi connectivity index (χ0n) is 16.4. The van der Waals surface area contributed by atoms with E-state index < -0.39 is 16.1 Å². The van der Waals surface area contributed by atoms with E-state index in [4.69, 9.17) is 0 Å². The Balaban J connectivity index is 1.50. The van der Waals surface area contributed by atoms with Gasteiger partial charge in [-0.05, 0) is 34.9 Å². The highest BCUT2D eigenvalue weighted by Gasteiger charge is 2.40. The molecule has 0 spiro atoms.